The summed E-state index contributed by atoms with van der Waals surface area (Å²) in [6.07, 6.45) is 0. The number of fused-ring (bicyclic) bond motifs is 1. The van der Waals surface area contributed by atoms with Crippen LogP contribution in [0.15, 0.2) is 18.2 Å². The highest BCUT2D eigenvalue weighted by atomic mass is 32.1. The van der Waals surface area contributed by atoms with Gasteiger partial charge in [-0.05, 0) is 18.6 Å². The molecule has 0 fully saturated rings. The van der Waals surface area contributed by atoms with Gasteiger partial charge in [-0.3, -0.25) is 0 Å². The van der Waals surface area contributed by atoms with Crippen molar-refractivity contribution >= 4 is 22.0 Å². The molecule has 0 bridgehead atoms. The third kappa shape index (κ3) is 1.88. The molecule has 6 heteroatoms. The maximum Gasteiger partial charge on any atom is 0.234 e. The Balaban J connectivity index is 2.22. The molecule has 2 heterocycles. The number of nitrogens with zero attached hydrogens (tertiary/aromatic N) is 4. The van der Waals surface area contributed by atoms with Gasteiger partial charge >= 0.3 is 0 Å². The Hall–Kier alpha value is -1.95. The molecule has 0 aliphatic rings. The SMILES string of the molecule is Cc1c(N)cccc1-c1nnc2sc(C(C)C)nn12. The van der Waals surface area contributed by atoms with Crippen molar-refractivity contribution in [3.63, 3.8) is 0 Å². The number of nitrogen functional groups attached to an aromatic ring is 1. The molecule has 3 rings (SSSR count). The number of benzene rings is 1. The third-order valence-corrected chi connectivity index (χ3v) is 4.32. The van der Waals surface area contributed by atoms with E-state index in [2.05, 4.69) is 29.1 Å². The lowest BCUT2D eigenvalue weighted by Crippen LogP contribution is -1.97. The van der Waals surface area contributed by atoms with E-state index in [0.29, 0.717) is 5.92 Å². The van der Waals surface area contributed by atoms with E-state index in [0.717, 1.165) is 32.6 Å². The van der Waals surface area contributed by atoms with Gasteiger partial charge in [0.05, 0.1) is 0 Å². The topological polar surface area (TPSA) is 69.1 Å². The summed E-state index contributed by atoms with van der Waals surface area (Å²) in [6.45, 7) is 6.23. The minimum absolute atomic E-state index is 0.390. The minimum Gasteiger partial charge on any atom is -0.398 e. The van der Waals surface area contributed by atoms with Crippen molar-refractivity contribution in [3.05, 3.63) is 28.8 Å². The molecule has 0 radical (unpaired) electrons. The normalized spacial score (nSPS) is 11.6. The van der Waals surface area contributed by atoms with Gasteiger partial charge in [-0.15, -0.1) is 10.2 Å². The van der Waals surface area contributed by atoms with Gasteiger partial charge in [0.15, 0.2) is 5.82 Å². The smallest absolute Gasteiger partial charge is 0.234 e. The largest absolute Gasteiger partial charge is 0.398 e. The number of nitrogens with two attached hydrogens (primary N) is 1. The van der Waals surface area contributed by atoms with E-state index in [-0.39, 0.29) is 0 Å². The van der Waals surface area contributed by atoms with Crippen molar-refractivity contribution in [2.45, 2.75) is 26.7 Å². The van der Waals surface area contributed by atoms with Crippen LogP contribution in [0.25, 0.3) is 16.3 Å². The molecule has 19 heavy (non-hydrogen) atoms. The lowest BCUT2D eigenvalue weighted by atomic mass is 10.1. The van der Waals surface area contributed by atoms with Crippen LogP contribution in [-0.2, 0) is 0 Å². The molecule has 2 aromatic heterocycles. The molecule has 0 aliphatic heterocycles. The van der Waals surface area contributed by atoms with Crippen LogP contribution in [0.5, 0.6) is 0 Å². The summed E-state index contributed by atoms with van der Waals surface area (Å²) < 4.78 is 1.81. The molecule has 5 nitrogen and oxygen atoms in total. The highest BCUT2D eigenvalue weighted by Crippen LogP contribution is 2.28. The first-order valence-electron chi connectivity index (χ1n) is 6.15. The fourth-order valence-corrected chi connectivity index (χ4v) is 2.77. The Labute approximate surface area is 115 Å². The number of rotatable bonds is 2. The molecule has 0 unspecified atom stereocenters. The molecule has 0 amide bonds. The Morgan fingerprint density at radius 1 is 1.26 bits per heavy atom. The second-order valence-corrected chi connectivity index (χ2v) is 5.82. The van der Waals surface area contributed by atoms with Crippen LogP contribution >= 0.6 is 11.3 Å². The molecular weight excluding hydrogens is 258 g/mol. The van der Waals surface area contributed by atoms with E-state index in [1.54, 1.807) is 11.3 Å². The first-order valence-corrected chi connectivity index (χ1v) is 6.97. The first kappa shape index (κ1) is 12.1. The standard InChI is InChI=1S/C13H15N5S/c1-7(2)12-17-18-11(15-16-13(18)19-12)9-5-4-6-10(14)8(9)3/h4-7H,14H2,1-3H3. The quantitative estimate of drug-likeness (QED) is 0.729. The van der Waals surface area contributed by atoms with Gasteiger partial charge in [0.1, 0.15) is 5.01 Å². The fourth-order valence-electron chi connectivity index (χ4n) is 1.93. The first-order chi connectivity index (χ1) is 9.08. The molecule has 3 aromatic rings. The summed E-state index contributed by atoms with van der Waals surface area (Å²) in [5.74, 6) is 1.14. The van der Waals surface area contributed by atoms with Gasteiger partial charge in [-0.1, -0.05) is 37.3 Å². The van der Waals surface area contributed by atoms with Crippen molar-refractivity contribution in [1.82, 2.24) is 19.8 Å². The Morgan fingerprint density at radius 2 is 2.05 bits per heavy atom. The molecule has 0 saturated carbocycles. The van der Waals surface area contributed by atoms with Crippen LogP contribution < -0.4 is 5.73 Å². The molecule has 2 N–H and O–H groups in total. The zero-order valence-corrected chi connectivity index (χ0v) is 11.9. The van der Waals surface area contributed by atoms with E-state index in [4.69, 9.17) is 5.73 Å². The summed E-state index contributed by atoms with van der Waals surface area (Å²) in [7, 11) is 0. The van der Waals surface area contributed by atoms with Gasteiger partial charge in [0, 0.05) is 17.2 Å². The predicted molar refractivity (Wildman–Crippen MR) is 77.3 cm³/mol. The van der Waals surface area contributed by atoms with E-state index in [1.807, 2.05) is 29.6 Å². The average molecular weight is 273 g/mol. The molecule has 1 aromatic carbocycles. The lowest BCUT2D eigenvalue weighted by molar-refractivity contribution is 0.802. The summed E-state index contributed by atoms with van der Waals surface area (Å²) in [5, 5.41) is 14.1. The Bertz CT molecular complexity index is 741. The van der Waals surface area contributed by atoms with Crippen LogP contribution in [0.2, 0.25) is 0 Å². The highest BCUT2D eigenvalue weighted by molar-refractivity contribution is 7.16. The Morgan fingerprint density at radius 3 is 2.79 bits per heavy atom. The monoisotopic (exact) mass is 273 g/mol. The van der Waals surface area contributed by atoms with Crippen LogP contribution in [0, 0.1) is 6.92 Å². The van der Waals surface area contributed by atoms with Crippen LogP contribution in [0.3, 0.4) is 0 Å². The minimum atomic E-state index is 0.390. The molecule has 98 valence electrons. The number of anilines is 1. The molecule has 0 atom stereocenters. The molecule has 0 aliphatic carbocycles. The molecule has 0 saturated heterocycles. The van der Waals surface area contributed by atoms with Crippen molar-refractivity contribution < 1.29 is 0 Å². The van der Waals surface area contributed by atoms with Crippen molar-refractivity contribution in [2.75, 3.05) is 5.73 Å². The van der Waals surface area contributed by atoms with Crippen molar-refractivity contribution in [3.8, 4) is 11.4 Å². The van der Waals surface area contributed by atoms with Gasteiger partial charge in [-0.2, -0.15) is 9.61 Å². The van der Waals surface area contributed by atoms with Gasteiger partial charge < -0.3 is 5.73 Å². The third-order valence-electron chi connectivity index (χ3n) is 3.12. The highest BCUT2D eigenvalue weighted by Gasteiger charge is 2.16. The number of hydrogen-bond acceptors (Lipinski definition) is 5. The van der Waals surface area contributed by atoms with Crippen LogP contribution in [0.1, 0.15) is 30.3 Å². The fraction of sp³-hybridized carbons (Fsp3) is 0.308. The van der Waals surface area contributed by atoms with E-state index >= 15 is 0 Å². The summed E-state index contributed by atoms with van der Waals surface area (Å²) in [5.41, 5.74) is 8.70. The van der Waals surface area contributed by atoms with Gasteiger partial charge in [0.2, 0.25) is 4.96 Å². The van der Waals surface area contributed by atoms with Crippen LogP contribution in [-0.4, -0.2) is 19.8 Å². The van der Waals surface area contributed by atoms with E-state index in [1.165, 1.54) is 0 Å². The average Bonchev–Trinajstić information content (AvgIpc) is 2.92. The number of aromatic nitrogens is 4. The second kappa shape index (κ2) is 4.31. The zero-order chi connectivity index (χ0) is 13.6. The zero-order valence-electron chi connectivity index (χ0n) is 11.1. The van der Waals surface area contributed by atoms with Gasteiger partial charge in [0.25, 0.3) is 0 Å². The Kier molecular flexibility index (Phi) is 2.74. The van der Waals surface area contributed by atoms with Gasteiger partial charge in [-0.25, -0.2) is 0 Å². The number of hydrogen-bond donors (Lipinski definition) is 1. The van der Waals surface area contributed by atoms with E-state index < -0.39 is 0 Å². The summed E-state index contributed by atoms with van der Waals surface area (Å²) >= 11 is 1.58. The maximum absolute atomic E-state index is 5.95. The van der Waals surface area contributed by atoms with E-state index in [9.17, 15) is 0 Å². The second-order valence-electron chi connectivity index (χ2n) is 4.83. The van der Waals surface area contributed by atoms with Crippen molar-refractivity contribution in [1.29, 1.82) is 0 Å². The summed E-state index contributed by atoms with van der Waals surface area (Å²) in [6, 6.07) is 5.81. The van der Waals surface area contributed by atoms with Crippen molar-refractivity contribution in [2.24, 2.45) is 0 Å². The molecular formula is C13H15N5S. The lowest BCUT2D eigenvalue weighted by Gasteiger charge is -2.05. The molecule has 0 spiro atoms. The summed E-state index contributed by atoms with van der Waals surface area (Å²) in [4.78, 5) is 0.820. The maximum atomic E-state index is 5.95. The van der Waals surface area contributed by atoms with Crippen LogP contribution in [0.4, 0.5) is 5.69 Å². The predicted octanol–water partition coefficient (Wildman–Crippen LogP) is 2.87.